The van der Waals surface area contributed by atoms with Crippen LogP contribution >= 0.6 is 0 Å². The monoisotopic (exact) mass is 980 g/mol. The lowest BCUT2D eigenvalue weighted by Gasteiger charge is -2.38. The first-order chi connectivity index (χ1) is 34.3. The van der Waals surface area contributed by atoms with Crippen molar-refractivity contribution in [3.05, 3.63) is 118 Å². The maximum atomic E-state index is 14.7. The summed E-state index contributed by atoms with van der Waals surface area (Å²) >= 11 is 0. The summed E-state index contributed by atoms with van der Waals surface area (Å²) in [5.74, 6) is 1.83. The number of aryl methyl sites for hydroxylation is 4. The van der Waals surface area contributed by atoms with E-state index in [9.17, 15) is 26.3 Å². The summed E-state index contributed by atoms with van der Waals surface area (Å²) in [6, 6.07) is 12.6. The third-order valence-corrected chi connectivity index (χ3v) is 15.8. The smallest absolute Gasteiger partial charge is 0.356 e. The predicted molar refractivity (Wildman–Crippen MR) is 254 cm³/mol. The molecule has 4 aromatic heterocycles. The maximum Gasteiger partial charge on any atom is 0.416 e. The van der Waals surface area contributed by atoms with Gasteiger partial charge < -0.3 is 20.4 Å². The fourth-order valence-corrected chi connectivity index (χ4v) is 12.3. The number of hydrogen-bond acceptors (Lipinski definition) is 12. The number of anilines is 4. The molecule has 2 aromatic carbocycles. The van der Waals surface area contributed by atoms with Crippen LogP contribution in [0.15, 0.2) is 61.2 Å². The number of nitrogens with one attached hydrogen (secondary N) is 2. The quantitative estimate of drug-likeness (QED) is 0.111. The van der Waals surface area contributed by atoms with Crippen molar-refractivity contribution in [2.45, 2.75) is 121 Å². The minimum atomic E-state index is -4.36. The molecule has 14 nitrogen and oxygen atoms in total. The lowest BCUT2D eigenvalue weighted by molar-refractivity contribution is -0.137. The molecule has 374 valence electrons. The number of halogens is 6. The molecule has 0 amide bonds. The van der Waals surface area contributed by atoms with Crippen molar-refractivity contribution >= 4 is 23.5 Å². The zero-order valence-corrected chi connectivity index (χ0v) is 39.8. The topological polar surface area (TPSA) is 144 Å². The Morgan fingerprint density at radius 1 is 0.563 bits per heavy atom. The second-order valence-corrected chi connectivity index (χ2v) is 20.4. The summed E-state index contributed by atoms with van der Waals surface area (Å²) in [6.07, 6.45) is 8.37. The van der Waals surface area contributed by atoms with Gasteiger partial charge in [-0.25, -0.2) is 42.5 Å². The van der Waals surface area contributed by atoms with Crippen LogP contribution < -0.4 is 20.4 Å². The zero-order valence-electron chi connectivity index (χ0n) is 39.8. The molecule has 4 fully saturated rings. The first-order valence-electron chi connectivity index (χ1n) is 25.1. The molecule has 0 spiro atoms. The van der Waals surface area contributed by atoms with Gasteiger partial charge in [-0.05, 0) is 107 Å². The van der Waals surface area contributed by atoms with E-state index in [4.69, 9.17) is 20.2 Å². The van der Waals surface area contributed by atoms with Gasteiger partial charge in [0.05, 0.1) is 5.56 Å². The summed E-state index contributed by atoms with van der Waals surface area (Å²) in [7, 11) is 0. The zero-order chi connectivity index (χ0) is 49.0. The van der Waals surface area contributed by atoms with Gasteiger partial charge in [0, 0.05) is 92.3 Å². The van der Waals surface area contributed by atoms with E-state index in [0.29, 0.717) is 59.9 Å². The maximum absolute atomic E-state index is 14.7. The van der Waals surface area contributed by atoms with Crippen molar-refractivity contribution in [3.63, 3.8) is 0 Å². The minimum Gasteiger partial charge on any atom is -0.356 e. The standard InChI is InChI=1S/C26H30F3N7.C25H28F3N7/c1-16-11-22(31-15-30-16)35-13-18-8-9-19(14-35)23(18)32-25-33-24-21(7-2-3-10-36(24)34-25)17-5-4-6-20(12-17)26(27,28)29;1-14-10-20(30-13-29-14)34-11-15-5-6-16(12-34)23(15)31-25-32-24-18(4-2-3-9-35(24)33-25)17-7-8-19(26)22(28)21(17)27/h4-6,11-12,15,18-19,21,23H,2-3,7-10,13-14H2,1H3,(H,32,34);7-8,10,13,15-16,18,23H,2-6,9,11-12H2,1H3,(H,31,33)/t18-,19+,21-,23?;15-,16+,18?,23?/m1./s1. The highest BCUT2D eigenvalue weighted by Gasteiger charge is 2.45. The molecular formula is C51H58F6N14. The molecule has 6 aromatic rings. The first kappa shape index (κ1) is 47.0. The van der Waals surface area contributed by atoms with Crippen molar-refractivity contribution in [3.8, 4) is 0 Å². The molecule has 2 saturated heterocycles. The van der Waals surface area contributed by atoms with Gasteiger partial charge in [-0.15, -0.1) is 10.2 Å². The molecule has 20 heteroatoms. The van der Waals surface area contributed by atoms with Gasteiger partial charge in [0.1, 0.15) is 35.9 Å². The summed E-state index contributed by atoms with van der Waals surface area (Å²) in [6.45, 7) is 9.01. The van der Waals surface area contributed by atoms with Crippen LogP contribution in [0, 0.1) is 55.0 Å². The lowest BCUT2D eigenvalue weighted by Crippen LogP contribution is -2.48. The number of hydrogen-bond donors (Lipinski definition) is 2. The number of fused-ring (bicyclic) bond motifs is 6. The Balaban J connectivity index is 0.000000154. The fourth-order valence-electron chi connectivity index (χ4n) is 12.3. The van der Waals surface area contributed by atoms with Crippen molar-refractivity contribution in [2.24, 2.45) is 23.7 Å². The van der Waals surface area contributed by atoms with E-state index in [1.165, 1.54) is 18.2 Å². The number of alkyl halides is 3. The number of aromatic nitrogens is 10. The van der Waals surface area contributed by atoms with Gasteiger partial charge in [0.2, 0.25) is 11.9 Å². The van der Waals surface area contributed by atoms with Crippen molar-refractivity contribution < 1.29 is 26.3 Å². The summed E-state index contributed by atoms with van der Waals surface area (Å²) < 4.78 is 86.0. The lowest BCUT2D eigenvalue weighted by atomic mass is 9.92. The Morgan fingerprint density at radius 3 is 1.58 bits per heavy atom. The molecule has 71 heavy (non-hydrogen) atoms. The third kappa shape index (κ3) is 9.61. The Labute approximate surface area is 408 Å². The summed E-state index contributed by atoms with van der Waals surface area (Å²) in [5, 5.41) is 16.7. The molecule has 4 aliphatic heterocycles. The highest BCUT2D eigenvalue weighted by molar-refractivity contribution is 5.44. The average molecular weight is 981 g/mol. The van der Waals surface area contributed by atoms with Gasteiger partial charge in [-0.3, -0.25) is 0 Å². The van der Waals surface area contributed by atoms with Crippen LogP contribution in [0.5, 0.6) is 0 Å². The number of piperidine rings is 2. The molecule has 8 atom stereocenters. The van der Waals surface area contributed by atoms with Crippen LogP contribution in [-0.2, 0) is 19.3 Å². The largest absolute Gasteiger partial charge is 0.416 e. The Morgan fingerprint density at radius 2 is 1.07 bits per heavy atom. The second kappa shape index (κ2) is 19.3. The molecule has 0 radical (unpaired) electrons. The molecule has 4 bridgehead atoms. The molecule has 6 aliphatic rings. The van der Waals surface area contributed by atoms with Crippen LogP contribution in [-0.4, -0.2) is 87.7 Å². The molecule has 2 N–H and O–H groups in total. The molecule has 2 saturated carbocycles. The Hall–Kier alpha value is -6.34. The van der Waals surface area contributed by atoms with Crippen molar-refractivity contribution in [1.82, 2.24) is 49.5 Å². The van der Waals surface area contributed by atoms with Crippen LogP contribution in [0.4, 0.5) is 49.9 Å². The minimum absolute atomic E-state index is 0.138. The van der Waals surface area contributed by atoms with Crippen LogP contribution in [0.2, 0.25) is 0 Å². The van der Waals surface area contributed by atoms with E-state index in [1.54, 1.807) is 23.4 Å². The van der Waals surface area contributed by atoms with Crippen LogP contribution in [0.3, 0.4) is 0 Å². The molecule has 12 rings (SSSR count). The molecule has 3 unspecified atom stereocenters. The van der Waals surface area contributed by atoms with E-state index in [0.717, 1.165) is 131 Å². The number of nitrogens with zero attached hydrogens (tertiary/aromatic N) is 12. The SMILES string of the molecule is Cc1cc(N2C[C@H]3CC[C@@H](C2)C3Nc2nc3n(n2)CCCCC3c2ccc(F)c(F)c2F)ncn1.Cc1cc(N2C[C@H]3CC[C@@H](C2)C3Nc2nc3n(n2)CCCC[C@@H]3c2cccc(C(F)(F)F)c2)ncn1. The molecule has 2 aliphatic carbocycles. The molecule has 8 heterocycles. The predicted octanol–water partition coefficient (Wildman–Crippen LogP) is 9.47. The summed E-state index contributed by atoms with van der Waals surface area (Å²) in [5.41, 5.74) is 2.10. The number of rotatable bonds is 8. The van der Waals surface area contributed by atoms with Crippen LogP contribution in [0.1, 0.15) is 116 Å². The van der Waals surface area contributed by atoms with Gasteiger partial charge in [0.15, 0.2) is 17.5 Å². The fraction of sp³-hybridized carbons (Fsp3) is 0.529. The normalized spacial score (nSPS) is 25.9. The number of benzene rings is 2. The van der Waals surface area contributed by atoms with Gasteiger partial charge in [-0.2, -0.15) is 23.1 Å². The highest BCUT2D eigenvalue weighted by Crippen LogP contribution is 2.43. The van der Waals surface area contributed by atoms with Gasteiger partial charge >= 0.3 is 6.18 Å². The van der Waals surface area contributed by atoms with Gasteiger partial charge in [0.25, 0.3) is 0 Å². The first-order valence-corrected chi connectivity index (χ1v) is 25.1. The van der Waals surface area contributed by atoms with E-state index >= 15 is 0 Å². The van der Waals surface area contributed by atoms with Gasteiger partial charge in [-0.1, -0.05) is 37.1 Å². The highest BCUT2D eigenvalue weighted by atomic mass is 19.4. The summed E-state index contributed by atoms with van der Waals surface area (Å²) in [4.78, 5) is 31.7. The van der Waals surface area contributed by atoms with Crippen molar-refractivity contribution in [1.29, 1.82) is 0 Å². The van der Waals surface area contributed by atoms with E-state index < -0.39 is 35.1 Å². The average Bonchev–Trinajstić information content (AvgIpc) is 3.97. The Bertz CT molecular complexity index is 2840. The second-order valence-electron chi connectivity index (χ2n) is 20.4. The third-order valence-electron chi connectivity index (χ3n) is 15.8. The van der Waals surface area contributed by atoms with E-state index in [-0.39, 0.29) is 23.6 Å². The van der Waals surface area contributed by atoms with E-state index in [2.05, 4.69) is 40.4 Å². The van der Waals surface area contributed by atoms with Crippen molar-refractivity contribution in [2.75, 3.05) is 46.6 Å². The van der Waals surface area contributed by atoms with E-state index in [1.807, 2.05) is 30.7 Å². The Kier molecular flexibility index (Phi) is 12.8. The van der Waals surface area contributed by atoms with Crippen LogP contribution in [0.25, 0.3) is 0 Å². The molecular weight excluding hydrogens is 923 g/mol.